The van der Waals surface area contributed by atoms with Gasteiger partial charge in [0.05, 0.1) is 0 Å². The van der Waals surface area contributed by atoms with E-state index in [9.17, 15) is 4.79 Å². The van der Waals surface area contributed by atoms with Gasteiger partial charge in [0.25, 0.3) is 0 Å². The summed E-state index contributed by atoms with van der Waals surface area (Å²) in [5.41, 5.74) is 0. The first kappa shape index (κ1) is 18.7. The molecule has 0 radical (unpaired) electrons. The highest BCUT2D eigenvalue weighted by Crippen LogP contribution is 2.37. The van der Waals surface area contributed by atoms with Crippen LogP contribution in [-0.4, -0.2) is 28.3 Å². The fourth-order valence-electron chi connectivity index (χ4n) is 3.16. The molecule has 1 aliphatic heterocycles. The summed E-state index contributed by atoms with van der Waals surface area (Å²) in [6, 6.07) is 10.7. The highest BCUT2D eigenvalue weighted by atomic mass is 32.2. The van der Waals surface area contributed by atoms with E-state index in [1.807, 2.05) is 11.8 Å². The van der Waals surface area contributed by atoms with Crippen molar-refractivity contribution in [1.82, 2.24) is 0 Å². The molecule has 1 aliphatic rings. The molecular formula is C19H28O2S2. The molecule has 0 aliphatic carbocycles. The van der Waals surface area contributed by atoms with Crippen LogP contribution in [0.4, 0.5) is 0 Å². The second-order valence-electron chi connectivity index (χ2n) is 6.35. The first-order chi connectivity index (χ1) is 11.3. The van der Waals surface area contributed by atoms with Crippen LogP contribution in [0.3, 0.4) is 0 Å². The number of rotatable bonds is 11. The van der Waals surface area contributed by atoms with Crippen molar-refractivity contribution >= 4 is 29.5 Å². The third-order valence-electron chi connectivity index (χ3n) is 4.55. The predicted octanol–water partition coefficient (Wildman–Crippen LogP) is 5.57. The molecule has 4 heteroatoms. The van der Waals surface area contributed by atoms with E-state index in [0.29, 0.717) is 6.42 Å². The molecule has 0 unspecified atom stereocenters. The maximum absolute atomic E-state index is 10.5. The summed E-state index contributed by atoms with van der Waals surface area (Å²) in [5, 5.41) is 8.64. The van der Waals surface area contributed by atoms with Gasteiger partial charge in [-0.2, -0.15) is 11.8 Å². The van der Waals surface area contributed by atoms with Crippen LogP contribution >= 0.6 is 23.5 Å². The Bertz CT molecular complexity index is 450. The first-order valence-electron chi connectivity index (χ1n) is 8.73. The van der Waals surface area contributed by atoms with E-state index in [0.717, 1.165) is 24.7 Å². The van der Waals surface area contributed by atoms with Gasteiger partial charge >= 0.3 is 5.97 Å². The summed E-state index contributed by atoms with van der Waals surface area (Å²) >= 11 is 4.10. The molecule has 0 spiro atoms. The van der Waals surface area contributed by atoms with Gasteiger partial charge in [-0.1, -0.05) is 37.5 Å². The highest BCUT2D eigenvalue weighted by molar-refractivity contribution is 7.99. The molecule has 0 amide bonds. The summed E-state index contributed by atoms with van der Waals surface area (Å²) in [5.74, 6) is 5.00. The van der Waals surface area contributed by atoms with E-state index in [1.165, 1.54) is 47.8 Å². The minimum absolute atomic E-state index is 0.332. The zero-order valence-electron chi connectivity index (χ0n) is 13.8. The Morgan fingerprint density at radius 1 is 1.04 bits per heavy atom. The first-order valence-corrected chi connectivity index (χ1v) is 10.9. The molecule has 1 N–H and O–H groups in total. The molecule has 1 saturated heterocycles. The second kappa shape index (κ2) is 11.0. The van der Waals surface area contributed by atoms with Crippen molar-refractivity contribution in [3.63, 3.8) is 0 Å². The van der Waals surface area contributed by atoms with Crippen LogP contribution in [0.5, 0.6) is 0 Å². The van der Waals surface area contributed by atoms with E-state index in [1.54, 1.807) is 0 Å². The third-order valence-corrected chi connectivity index (χ3v) is 6.92. The summed E-state index contributed by atoms with van der Waals surface area (Å²) < 4.78 is 0. The standard InChI is InChI=1S/C19H28O2S2/c20-19(21)11-7-2-1-4-8-16-14-22-15-17(16)12-13-23-18-9-5-3-6-10-18/h3,5-6,9-10,16-17H,1-2,4,7-8,11-15H2,(H,20,21)/t16-,17+/m0/s1. The van der Waals surface area contributed by atoms with Crippen molar-refractivity contribution < 1.29 is 9.90 Å². The fourth-order valence-corrected chi connectivity index (χ4v) is 5.79. The van der Waals surface area contributed by atoms with Gasteiger partial charge in [0.1, 0.15) is 0 Å². The van der Waals surface area contributed by atoms with Crippen molar-refractivity contribution in [2.45, 2.75) is 49.8 Å². The lowest BCUT2D eigenvalue weighted by Gasteiger charge is -2.18. The van der Waals surface area contributed by atoms with Crippen LogP contribution in [0, 0.1) is 11.8 Å². The smallest absolute Gasteiger partial charge is 0.303 e. The van der Waals surface area contributed by atoms with Crippen molar-refractivity contribution in [2.75, 3.05) is 17.3 Å². The molecule has 23 heavy (non-hydrogen) atoms. The Morgan fingerprint density at radius 3 is 2.48 bits per heavy atom. The van der Waals surface area contributed by atoms with Crippen LogP contribution < -0.4 is 0 Å². The van der Waals surface area contributed by atoms with Crippen LogP contribution in [0.25, 0.3) is 0 Å². The molecule has 1 fully saturated rings. The quantitative estimate of drug-likeness (QED) is 0.417. The van der Waals surface area contributed by atoms with Gasteiger partial charge in [0.15, 0.2) is 0 Å². The molecule has 128 valence electrons. The highest BCUT2D eigenvalue weighted by Gasteiger charge is 2.26. The lowest BCUT2D eigenvalue weighted by Crippen LogP contribution is -2.13. The molecule has 0 bridgehead atoms. The van der Waals surface area contributed by atoms with E-state index in [2.05, 4.69) is 42.1 Å². The second-order valence-corrected chi connectivity index (χ2v) is 8.60. The molecular weight excluding hydrogens is 324 g/mol. The summed E-state index contributed by atoms with van der Waals surface area (Å²) in [6.07, 6.45) is 7.37. The zero-order chi connectivity index (χ0) is 16.3. The normalized spacial score (nSPS) is 20.7. The summed E-state index contributed by atoms with van der Waals surface area (Å²) in [7, 11) is 0. The number of carboxylic acids is 1. The molecule has 1 aromatic rings. The van der Waals surface area contributed by atoms with Crippen LogP contribution in [0.15, 0.2) is 35.2 Å². The van der Waals surface area contributed by atoms with E-state index >= 15 is 0 Å². The molecule has 1 aromatic carbocycles. The van der Waals surface area contributed by atoms with E-state index < -0.39 is 5.97 Å². The number of unbranched alkanes of at least 4 members (excludes halogenated alkanes) is 3. The number of thioether (sulfide) groups is 2. The van der Waals surface area contributed by atoms with Crippen LogP contribution in [0.2, 0.25) is 0 Å². The zero-order valence-corrected chi connectivity index (χ0v) is 15.4. The fraction of sp³-hybridized carbons (Fsp3) is 0.632. The lowest BCUT2D eigenvalue weighted by atomic mass is 9.89. The summed E-state index contributed by atoms with van der Waals surface area (Å²) in [4.78, 5) is 11.9. The predicted molar refractivity (Wildman–Crippen MR) is 101 cm³/mol. The average molecular weight is 353 g/mol. The Morgan fingerprint density at radius 2 is 1.74 bits per heavy atom. The SMILES string of the molecule is O=C(O)CCCCCC[C@H]1CSC[C@H]1CCSc1ccccc1. The minimum atomic E-state index is -0.659. The number of carbonyl (C=O) groups is 1. The number of aliphatic carboxylic acids is 1. The van der Waals surface area contributed by atoms with Crippen LogP contribution in [-0.2, 0) is 4.79 Å². The summed E-state index contributed by atoms with van der Waals surface area (Å²) in [6.45, 7) is 0. The Kier molecular flexibility index (Phi) is 8.98. The topological polar surface area (TPSA) is 37.3 Å². The Labute approximate surface area is 148 Å². The van der Waals surface area contributed by atoms with Gasteiger partial charge in [-0.25, -0.2) is 0 Å². The Balaban J connectivity index is 1.56. The maximum atomic E-state index is 10.5. The van der Waals surface area contributed by atoms with Crippen molar-refractivity contribution in [3.05, 3.63) is 30.3 Å². The van der Waals surface area contributed by atoms with E-state index in [4.69, 9.17) is 5.11 Å². The molecule has 2 nitrogen and oxygen atoms in total. The molecule has 2 rings (SSSR count). The lowest BCUT2D eigenvalue weighted by molar-refractivity contribution is -0.137. The van der Waals surface area contributed by atoms with Gasteiger partial charge in [-0.05, 0) is 60.5 Å². The van der Waals surface area contributed by atoms with Gasteiger partial charge in [-0.3, -0.25) is 4.79 Å². The van der Waals surface area contributed by atoms with Gasteiger partial charge < -0.3 is 5.11 Å². The van der Waals surface area contributed by atoms with Crippen molar-refractivity contribution in [3.8, 4) is 0 Å². The monoisotopic (exact) mass is 352 g/mol. The molecule has 2 atom stereocenters. The van der Waals surface area contributed by atoms with Crippen molar-refractivity contribution in [1.29, 1.82) is 0 Å². The maximum Gasteiger partial charge on any atom is 0.303 e. The van der Waals surface area contributed by atoms with Gasteiger partial charge in [-0.15, -0.1) is 11.8 Å². The van der Waals surface area contributed by atoms with E-state index in [-0.39, 0.29) is 0 Å². The average Bonchev–Trinajstić information content (AvgIpc) is 2.99. The van der Waals surface area contributed by atoms with Crippen LogP contribution in [0.1, 0.15) is 44.9 Å². The number of benzene rings is 1. The minimum Gasteiger partial charge on any atom is -0.481 e. The largest absolute Gasteiger partial charge is 0.481 e. The van der Waals surface area contributed by atoms with Gasteiger partial charge in [0, 0.05) is 11.3 Å². The van der Waals surface area contributed by atoms with Gasteiger partial charge in [0.2, 0.25) is 0 Å². The molecule has 0 saturated carbocycles. The van der Waals surface area contributed by atoms with Crippen molar-refractivity contribution in [2.24, 2.45) is 11.8 Å². The third kappa shape index (κ3) is 7.67. The number of carboxylic acid groups (broad SMARTS) is 1. The molecule has 1 heterocycles. The number of hydrogen-bond acceptors (Lipinski definition) is 3. The Hall–Kier alpha value is -0.610. The number of hydrogen-bond donors (Lipinski definition) is 1. The molecule has 0 aromatic heterocycles.